The van der Waals surface area contributed by atoms with Crippen molar-refractivity contribution < 1.29 is 23.1 Å². The second-order valence-electron chi connectivity index (χ2n) is 16.8. The maximum absolute atomic E-state index is 13.1. The van der Waals surface area contributed by atoms with E-state index in [0.717, 1.165) is 48.9 Å². The third-order valence-electron chi connectivity index (χ3n) is 12.8. The molecule has 4 aliphatic rings. The summed E-state index contributed by atoms with van der Waals surface area (Å²) in [6, 6.07) is -0.621. The molecule has 0 amide bonds. The number of fused-ring (bicyclic) bond motifs is 5. The van der Waals surface area contributed by atoms with Crippen LogP contribution in [0.5, 0.6) is 0 Å². The fourth-order valence-corrected chi connectivity index (χ4v) is 13.4. The molecule has 8 unspecified atom stereocenters. The van der Waals surface area contributed by atoms with Crippen LogP contribution < -0.4 is 33.8 Å². The Labute approximate surface area is 332 Å². The highest BCUT2D eigenvalue weighted by atomic mass is 33.1. The minimum Gasteiger partial charge on any atom is -0.370 e. The van der Waals surface area contributed by atoms with Crippen molar-refractivity contribution in [1.29, 1.82) is 0 Å². The van der Waals surface area contributed by atoms with Crippen LogP contribution in [-0.2, 0) is 23.1 Å². The number of hydrogen-bond donors (Lipinski definition) is 6. The van der Waals surface area contributed by atoms with E-state index in [-0.39, 0.29) is 62.1 Å². The first-order chi connectivity index (χ1) is 25.7. The molecule has 4 aliphatic carbocycles. The smallest absolute Gasteiger partial charge is 0.370 e. The van der Waals surface area contributed by atoms with Crippen molar-refractivity contribution >= 4 is 47.0 Å². The van der Waals surface area contributed by atoms with Gasteiger partial charge in [-0.2, -0.15) is 0 Å². The van der Waals surface area contributed by atoms with Crippen molar-refractivity contribution in [3.05, 3.63) is 11.6 Å². The molecule has 310 valence electrons. The van der Waals surface area contributed by atoms with E-state index in [0.29, 0.717) is 23.5 Å². The number of allylic oxidation sites excluding steroid dienone is 1. The molecule has 54 heavy (non-hydrogen) atoms. The number of carbonyl (C=O) groups is 1. The molecule has 0 spiro atoms. The van der Waals surface area contributed by atoms with Crippen molar-refractivity contribution in [2.45, 2.75) is 117 Å². The number of carbonyl (C=O) groups excluding carboxylic acids is 1. The summed E-state index contributed by atoms with van der Waals surface area (Å²) in [5, 5.41) is 2.83. The van der Waals surface area contributed by atoms with Gasteiger partial charge in [-0.1, -0.05) is 80.2 Å². The third kappa shape index (κ3) is 12.8. The molecule has 0 saturated heterocycles. The van der Waals surface area contributed by atoms with Gasteiger partial charge in [-0.05, 0) is 98.2 Å². The Balaban J connectivity index is 1.15. The van der Waals surface area contributed by atoms with E-state index >= 15 is 0 Å². The lowest BCUT2D eigenvalue weighted by Crippen LogP contribution is -2.50. The number of unbranched alkanes of at least 4 members (excludes halogenated alkanes) is 1. The number of hydrogen-bond acceptors (Lipinski definition) is 10. The van der Waals surface area contributed by atoms with Crippen molar-refractivity contribution in [3.63, 3.8) is 0 Å². The first kappa shape index (κ1) is 45.4. The Kier molecular flexibility index (Phi) is 18.0. The second-order valence-corrected chi connectivity index (χ2v) is 21.3. The van der Waals surface area contributed by atoms with Crippen LogP contribution >= 0.6 is 29.3 Å². The van der Waals surface area contributed by atoms with E-state index in [1.165, 1.54) is 79.4 Å². The van der Waals surface area contributed by atoms with Gasteiger partial charge >= 0.3 is 7.75 Å². The monoisotopic (exact) mass is 814 g/mol. The Morgan fingerprint density at radius 3 is 2.35 bits per heavy atom. The van der Waals surface area contributed by atoms with Gasteiger partial charge in [0.2, 0.25) is 0 Å². The number of ketones is 1. The van der Waals surface area contributed by atoms with Crippen LogP contribution in [0.1, 0.15) is 105 Å². The van der Waals surface area contributed by atoms with E-state index in [1.54, 1.807) is 5.57 Å². The highest BCUT2D eigenvalue weighted by molar-refractivity contribution is 8.76. The van der Waals surface area contributed by atoms with Crippen LogP contribution in [-0.4, -0.2) is 80.8 Å². The maximum atomic E-state index is 13.1. The summed E-state index contributed by atoms with van der Waals surface area (Å²) in [6.07, 6.45) is 18.1. The molecule has 0 bridgehead atoms. The van der Waals surface area contributed by atoms with E-state index in [1.807, 2.05) is 0 Å². The summed E-state index contributed by atoms with van der Waals surface area (Å²) >= 11 is 0. The summed E-state index contributed by atoms with van der Waals surface area (Å²) in [4.78, 5) is 20.6. The Morgan fingerprint density at radius 1 is 0.981 bits per heavy atom. The number of nitrogens with one attached hydrogen (secondary N) is 1. The van der Waals surface area contributed by atoms with Crippen LogP contribution in [0.15, 0.2) is 21.6 Å². The van der Waals surface area contributed by atoms with Gasteiger partial charge in [-0.3, -0.25) is 23.8 Å². The number of nitrogens with two attached hydrogens (primary N) is 5. The molecule has 16 heteroatoms. The van der Waals surface area contributed by atoms with Crippen LogP contribution in [0.3, 0.4) is 0 Å². The lowest BCUT2D eigenvalue weighted by Gasteiger charge is -2.58. The predicted octanol–water partition coefficient (Wildman–Crippen LogP) is 5.72. The normalized spacial score (nSPS) is 29.8. The van der Waals surface area contributed by atoms with Crippen LogP contribution in [0.2, 0.25) is 0 Å². The summed E-state index contributed by atoms with van der Waals surface area (Å²) in [7, 11) is -0.652. The molecule has 8 atom stereocenters. The summed E-state index contributed by atoms with van der Waals surface area (Å²) in [5.41, 5.74) is 30.0. The van der Waals surface area contributed by atoms with Gasteiger partial charge in [-0.15, -0.1) is 0 Å². The molecule has 0 aromatic heterocycles. The molecule has 3 saturated carbocycles. The molecule has 0 aromatic carbocycles. The highest BCUT2D eigenvalue weighted by Gasteiger charge is 2.58. The van der Waals surface area contributed by atoms with Gasteiger partial charge in [0, 0.05) is 18.1 Å². The van der Waals surface area contributed by atoms with E-state index in [4.69, 9.17) is 42.5 Å². The zero-order valence-corrected chi connectivity index (χ0v) is 35.9. The van der Waals surface area contributed by atoms with Crippen molar-refractivity contribution in [2.24, 2.45) is 79.1 Å². The average Bonchev–Trinajstić information content (AvgIpc) is 3.46. The predicted molar refractivity (Wildman–Crippen MR) is 225 cm³/mol. The number of rotatable bonds is 24. The van der Waals surface area contributed by atoms with Crippen molar-refractivity contribution in [1.82, 2.24) is 5.09 Å². The number of guanidine groups is 2. The van der Waals surface area contributed by atoms with Gasteiger partial charge in [0.25, 0.3) is 0 Å². The summed E-state index contributed by atoms with van der Waals surface area (Å²) in [6.45, 7) is 10.5. The minimum absolute atomic E-state index is 0.0105. The number of aliphatic imine (C=N–C) groups is 2. The number of nitrogens with zero attached hydrogens (tertiary/aromatic N) is 2. The molecule has 4 rings (SSSR count). The zero-order valence-electron chi connectivity index (χ0n) is 33.3. The second kappa shape index (κ2) is 21.4. The SMILES string of the molecule is CC(C)CCCCC1CCC2C3CC=C4CC(OCC(=O)C(N)CSSCCNP(=O)(OCCN=C(N)N)OCCN=C(N)N)CCC4(C)C3CCC12C. The van der Waals surface area contributed by atoms with Crippen molar-refractivity contribution in [3.8, 4) is 0 Å². The molecule has 13 nitrogen and oxygen atoms in total. The zero-order chi connectivity index (χ0) is 39.4. The first-order valence-electron chi connectivity index (χ1n) is 20.3. The average molecular weight is 815 g/mol. The van der Waals surface area contributed by atoms with Crippen LogP contribution in [0, 0.1) is 40.4 Å². The Bertz CT molecular complexity index is 1320. The standard InChI is InChI=1S/C38H71N8O5PS2/c1-26(2)7-5-6-8-27-10-12-31-30-11-9-28-23-29(13-15-38(28,4)32(30)14-16-37(27,31)3)49-24-34(47)33(39)25-54-53-22-19-46-52(48,50-20-17-44-35(40)41)51-21-18-45-36(42)43/h9,26-27,29-33H,5-8,10-25,39H2,1-4H3,(H,46,48)(H4,40,41,44)(H4,42,43,45). The van der Waals surface area contributed by atoms with Crippen molar-refractivity contribution in [2.75, 3.05) is 51.0 Å². The van der Waals surface area contributed by atoms with Gasteiger partial charge in [0.15, 0.2) is 17.7 Å². The fraction of sp³-hybridized carbons (Fsp3) is 0.868. The molecule has 0 radical (unpaired) electrons. The quantitative estimate of drug-likeness (QED) is 0.0171. The molecule has 3 fully saturated rings. The fourth-order valence-electron chi connectivity index (χ4n) is 9.90. The molecular formula is C38H71N8O5PS2. The van der Waals surface area contributed by atoms with E-state index in [2.05, 4.69) is 48.8 Å². The topological polar surface area (TPSA) is 229 Å². The largest absolute Gasteiger partial charge is 0.405 e. The number of ether oxygens (including phenoxy) is 1. The Hall–Kier alpha value is -1.32. The van der Waals surface area contributed by atoms with Gasteiger partial charge < -0.3 is 33.4 Å². The number of Topliss-reactive ketones (excluding diaryl/α,β-unsaturated/α-hetero) is 1. The van der Waals surface area contributed by atoms with Gasteiger partial charge in [0.1, 0.15) is 6.61 Å². The Morgan fingerprint density at radius 2 is 1.69 bits per heavy atom. The maximum Gasteiger partial charge on any atom is 0.405 e. The molecule has 11 N–H and O–H groups in total. The van der Waals surface area contributed by atoms with Crippen LogP contribution in [0.25, 0.3) is 0 Å². The third-order valence-corrected chi connectivity index (χ3v) is 16.9. The van der Waals surface area contributed by atoms with Gasteiger partial charge in [0.05, 0.1) is 38.4 Å². The molecule has 0 aromatic rings. The van der Waals surface area contributed by atoms with E-state index in [9.17, 15) is 9.36 Å². The summed E-state index contributed by atoms with van der Waals surface area (Å²) < 4.78 is 30.2. The molecule has 0 aliphatic heterocycles. The molecule has 0 heterocycles. The highest BCUT2D eigenvalue weighted by Crippen LogP contribution is 2.67. The molecular weight excluding hydrogens is 744 g/mol. The minimum atomic E-state index is -3.66. The lowest BCUT2D eigenvalue weighted by atomic mass is 9.47. The van der Waals surface area contributed by atoms with Gasteiger partial charge in [-0.25, -0.2) is 9.65 Å². The summed E-state index contributed by atoms with van der Waals surface area (Å²) in [5.74, 6) is 4.94. The first-order valence-corrected chi connectivity index (χ1v) is 24.3. The van der Waals surface area contributed by atoms with E-state index < -0.39 is 13.8 Å². The lowest BCUT2D eigenvalue weighted by molar-refractivity contribution is -0.127. The van der Waals surface area contributed by atoms with Crippen LogP contribution in [0.4, 0.5) is 0 Å².